The number of halogens is 2. The highest BCUT2D eigenvalue weighted by Crippen LogP contribution is 2.29. The number of rotatable bonds is 5. The van der Waals surface area contributed by atoms with Crippen LogP contribution in [0.5, 0.6) is 0 Å². The molecule has 1 amide bonds. The average molecular weight is 406 g/mol. The highest BCUT2D eigenvalue weighted by Gasteiger charge is 2.15. The van der Waals surface area contributed by atoms with Crippen LogP contribution in [0.3, 0.4) is 0 Å². The Bertz CT molecular complexity index is 1040. The van der Waals surface area contributed by atoms with Crippen molar-refractivity contribution in [3.63, 3.8) is 0 Å². The summed E-state index contributed by atoms with van der Waals surface area (Å²) in [5.41, 5.74) is 2.32. The van der Waals surface area contributed by atoms with Gasteiger partial charge in [0.2, 0.25) is 0 Å². The van der Waals surface area contributed by atoms with E-state index in [1.165, 1.54) is 6.07 Å². The van der Waals surface area contributed by atoms with Crippen LogP contribution in [0.15, 0.2) is 47.3 Å². The summed E-state index contributed by atoms with van der Waals surface area (Å²) in [6.07, 6.45) is 0. The highest BCUT2D eigenvalue weighted by molar-refractivity contribution is 6.39. The first-order valence-electron chi connectivity index (χ1n) is 8.38. The number of hydrogen-bond acceptors (Lipinski definition) is 3. The van der Waals surface area contributed by atoms with Crippen LogP contribution in [-0.4, -0.2) is 28.9 Å². The van der Waals surface area contributed by atoms with Crippen LogP contribution in [-0.2, 0) is 11.3 Å². The Balaban J connectivity index is 1.70. The lowest BCUT2D eigenvalue weighted by atomic mass is 10.3. The minimum atomic E-state index is -0.226. The molecule has 8 heteroatoms. The first kappa shape index (κ1) is 19.4. The SMILES string of the molecule is Cc1cccc2nc(C[NH+](C)CC(=O)Nc3c(Cl)cccc3Cl)cc(=O)n12. The second-order valence-corrected chi connectivity index (χ2v) is 7.22. The number of aryl methyl sites for hydroxylation is 1. The maximum atomic E-state index is 12.3. The van der Waals surface area contributed by atoms with E-state index in [1.54, 1.807) is 28.7 Å². The van der Waals surface area contributed by atoms with Gasteiger partial charge in [-0.1, -0.05) is 35.3 Å². The molecule has 1 atom stereocenters. The standard InChI is InChI=1S/C19H18Cl2N4O2/c1-12-5-3-8-16-22-13(9-18(27)25(12)16)10-24(2)11-17(26)23-19-14(20)6-4-7-15(19)21/h3-9H,10-11H2,1-2H3,(H,23,26)/p+1. The molecule has 6 nitrogen and oxygen atoms in total. The number of likely N-dealkylation sites (N-methyl/N-ethyl adjacent to an activating group) is 1. The summed E-state index contributed by atoms with van der Waals surface area (Å²) >= 11 is 12.1. The van der Waals surface area contributed by atoms with Crippen LogP contribution >= 0.6 is 23.2 Å². The second kappa shape index (κ2) is 8.08. The number of para-hydroxylation sites is 1. The summed E-state index contributed by atoms with van der Waals surface area (Å²) < 4.78 is 1.56. The fourth-order valence-corrected chi connectivity index (χ4v) is 3.39. The molecule has 3 rings (SSSR count). The molecule has 0 aliphatic heterocycles. The number of nitrogens with one attached hydrogen (secondary N) is 2. The number of nitrogens with zero attached hydrogens (tertiary/aromatic N) is 2. The first-order valence-corrected chi connectivity index (χ1v) is 9.14. The summed E-state index contributed by atoms with van der Waals surface area (Å²) in [6.45, 7) is 2.47. The van der Waals surface area contributed by atoms with Gasteiger partial charge in [-0.15, -0.1) is 0 Å². The van der Waals surface area contributed by atoms with Gasteiger partial charge in [0.15, 0.2) is 6.54 Å². The number of quaternary nitrogens is 1. The summed E-state index contributed by atoms with van der Waals surface area (Å²) in [5, 5.41) is 3.50. The van der Waals surface area contributed by atoms with E-state index in [0.29, 0.717) is 33.6 Å². The van der Waals surface area contributed by atoms with Gasteiger partial charge in [0.05, 0.1) is 22.8 Å². The molecule has 0 saturated carbocycles. The van der Waals surface area contributed by atoms with Crippen molar-refractivity contribution < 1.29 is 9.69 Å². The van der Waals surface area contributed by atoms with Crippen LogP contribution in [0, 0.1) is 6.92 Å². The van der Waals surface area contributed by atoms with Gasteiger partial charge in [-0.25, -0.2) is 4.98 Å². The van der Waals surface area contributed by atoms with Crippen molar-refractivity contribution in [2.75, 3.05) is 18.9 Å². The van der Waals surface area contributed by atoms with Crippen LogP contribution in [0.1, 0.15) is 11.4 Å². The van der Waals surface area contributed by atoms with Crippen molar-refractivity contribution in [2.45, 2.75) is 13.5 Å². The molecule has 3 aromatic rings. The average Bonchev–Trinajstić information content (AvgIpc) is 2.58. The quantitative estimate of drug-likeness (QED) is 0.681. The zero-order valence-corrected chi connectivity index (χ0v) is 16.4. The zero-order chi connectivity index (χ0) is 19.6. The molecular weight excluding hydrogens is 387 g/mol. The van der Waals surface area contributed by atoms with E-state index < -0.39 is 0 Å². The Morgan fingerprint density at radius 3 is 2.56 bits per heavy atom. The number of fused-ring (bicyclic) bond motifs is 1. The van der Waals surface area contributed by atoms with Gasteiger partial charge in [-0.3, -0.25) is 14.0 Å². The Labute approximate surface area is 166 Å². The lowest BCUT2D eigenvalue weighted by Crippen LogP contribution is -3.08. The van der Waals surface area contributed by atoms with E-state index in [2.05, 4.69) is 10.3 Å². The van der Waals surface area contributed by atoms with Crippen LogP contribution in [0.4, 0.5) is 5.69 Å². The van der Waals surface area contributed by atoms with E-state index >= 15 is 0 Å². The summed E-state index contributed by atoms with van der Waals surface area (Å²) in [4.78, 5) is 30.1. The van der Waals surface area contributed by atoms with Crippen molar-refractivity contribution in [2.24, 2.45) is 0 Å². The lowest BCUT2D eigenvalue weighted by Gasteiger charge is -2.15. The van der Waals surface area contributed by atoms with Crippen molar-refractivity contribution in [1.82, 2.24) is 9.38 Å². The Morgan fingerprint density at radius 1 is 1.19 bits per heavy atom. The first-order chi connectivity index (χ1) is 12.8. The molecule has 1 unspecified atom stereocenters. The van der Waals surface area contributed by atoms with Gasteiger partial charge >= 0.3 is 0 Å². The third-order valence-corrected chi connectivity index (χ3v) is 4.74. The fraction of sp³-hybridized carbons (Fsp3) is 0.211. The molecular formula is C19H19Cl2N4O2+. The van der Waals surface area contributed by atoms with Gasteiger partial charge in [0.1, 0.15) is 17.9 Å². The maximum absolute atomic E-state index is 12.3. The monoisotopic (exact) mass is 405 g/mol. The number of aromatic nitrogens is 2. The number of anilines is 1. The zero-order valence-electron chi connectivity index (χ0n) is 14.9. The van der Waals surface area contributed by atoms with E-state index in [0.717, 1.165) is 10.6 Å². The van der Waals surface area contributed by atoms with Crippen molar-refractivity contribution in [3.05, 3.63) is 74.3 Å². The molecule has 140 valence electrons. The second-order valence-electron chi connectivity index (χ2n) is 6.40. The van der Waals surface area contributed by atoms with Crippen LogP contribution in [0.25, 0.3) is 5.65 Å². The summed E-state index contributed by atoms with van der Waals surface area (Å²) in [5.74, 6) is -0.226. The van der Waals surface area contributed by atoms with E-state index in [9.17, 15) is 9.59 Å². The molecule has 0 aliphatic carbocycles. The molecule has 1 aromatic carbocycles. The number of hydrogen-bond donors (Lipinski definition) is 2. The van der Waals surface area contributed by atoms with E-state index in [-0.39, 0.29) is 18.0 Å². The minimum Gasteiger partial charge on any atom is -0.325 e. The number of amides is 1. The maximum Gasteiger partial charge on any atom is 0.279 e. The number of benzene rings is 1. The smallest absolute Gasteiger partial charge is 0.279 e. The molecule has 2 N–H and O–H groups in total. The van der Waals surface area contributed by atoms with Gasteiger partial charge in [-0.2, -0.15) is 0 Å². The fourth-order valence-electron chi connectivity index (χ4n) is 2.90. The molecule has 0 fully saturated rings. The third kappa shape index (κ3) is 4.47. The normalized spacial score (nSPS) is 12.1. The highest BCUT2D eigenvalue weighted by atomic mass is 35.5. The molecule has 0 bridgehead atoms. The van der Waals surface area contributed by atoms with E-state index in [4.69, 9.17) is 23.2 Å². The van der Waals surface area contributed by atoms with Crippen LogP contribution < -0.4 is 15.8 Å². The number of carbonyl (C=O) groups is 1. The molecule has 0 spiro atoms. The van der Waals surface area contributed by atoms with Gasteiger partial charge in [0, 0.05) is 11.8 Å². The molecule has 0 saturated heterocycles. The molecule has 2 aromatic heterocycles. The topological polar surface area (TPSA) is 67.9 Å². The predicted octanol–water partition coefficient (Wildman–Crippen LogP) is 1.96. The number of pyridine rings is 1. The van der Waals surface area contributed by atoms with E-state index in [1.807, 2.05) is 26.1 Å². The van der Waals surface area contributed by atoms with Crippen molar-refractivity contribution in [3.8, 4) is 0 Å². The van der Waals surface area contributed by atoms with Gasteiger partial charge in [0.25, 0.3) is 11.5 Å². The van der Waals surface area contributed by atoms with Gasteiger partial charge in [-0.05, 0) is 31.2 Å². The third-order valence-electron chi connectivity index (χ3n) is 4.11. The van der Waals surface area contributed by atoms with Crippen molar-refractivity contribution in [1.29, 1.82) is 0 Å². The van der Waals surface area contributed by atoms with Crippen molar-refractivity contribution >= 4 is 40.4 Å². The van der Waals surface area contributed by atoms with Gasteiger partial charge < -0.3 is 10.2 Å². The van der Waals surface area contributed by atoms with Crippen LogP contribution in [0.2, 0.25) is 10.0 Å². The minimum absolute atomic E-state index is 0.131. The molecule has 27 heavy (non-hydrogen) atoms. The Hall–Kier alpha value is -2.41. The molecule has 0 radical (unpaired) electrons. The Kier molecular flexibility index (Phi) is 5.79. The molecule has 2 heterocycles. The largest absolute Gasteiger partial charge is 0.325 e. The predicted molar refractivity (Wildman–Crippen MR) is 107 cm³/mol. The number of carbonyl (C=O) groups excluding carboxylic acids is 1. The lowest BCUT2D eigenvalue weighted by molar-refractivity contribution is -0.885. The summed E-state index contributed by atoms with van der Waals surface area (Å²) in [7, 11) is 1.85. The molecule has 0 aliphatic rings. The summed E-state index contributed by atoms with van der Waals surface area (Å²) in [6, 6.07) is 12.0. The Morgan fingerprint density at radius 2 is 1.85 bits per heavy atom.